The van der Waals surface area contributed by atoms with Crippen LogP contribution in [0.5, 0.6) is 17.2 Å². The van der Waals surface area contributed by atoms with Crippen LogP contribution in [0.2, 0.25) is 0 Å². The highest BCUT2D eigenvalue weighted by Gasteiger charge is 2.49. The number of hydrogen-bond donors (Lipinski definition) is 1. The van der Waals surface area contributed by atoms with Gasteiger partial charge in [0.15, 0.2) is 11.5 Å². The fourth-order valence-corrected chi connectivity index (χ4v) is 3.25. The first-order valence-corrected chi connectivity index (χ1v) is 6.75. The van der Waals surface area contributed by atoms with Gasteiger partial charge < -0.3 is 19.3 Å². The lowest BCUT2D eigenvalue weighted by Crippen LogP contribution is -2.14. The molecule has 19 heavy (non-hydrogen) atoms. The van der Waals surface area contributed by atoms with Gasteiger partial charge in [0, 0.05) is 11.0 Å². The fourth-order valence-electron chi connectivity index (χ4n) is 2.56. The molecule has 102 valence electrons. The molecule has 0 aromatic heterocycles. The Morgan fingerprint density at radius 3 is 2.84 bits per heavy atom. The van der Waals surface area contributed by atoms with Gasteiger partial charge in [-0.25, -0.2) is 0 Å². The number of benzene rings is 1. The molecule has 0 spiro atoms. The van der Waals surface area contributed by atoms with Crippen molar-refractivity contribution in [3.63, 3.8) is 0 Å². The van der Waals surface area contributed by atoms with Gasteiger partial charge in [-0.05, 0) is 34.8 Å². The smallest absolute Gasteiger partial charge is 0.304 e. The summed E-state index contributed by atoms with van der Waals surface area (Å²) in [5.41, 5.74) is 0.550. The Kier molecular flexibility index (Phi) is 2.85. The Hall–Kier alpha value is -1.43. The molecular weight excluding hydrogens is 316 g/mol. The summed E-state index contributed by atoms with van der Waals surface area (Å²) in [6, 6.07) is 1.85. The summed E-state index contributed by atoms with van der Waals surface area (Å²) in [6.07, 6.45) is 1.80. The third-order valence-corrected chi connectivity index (χ3v) is 4.40. The Morgan fingerprint density at radius 2 is 2.26 bits per heavy atom. The number of carbonyl (C=O) groups is 1. The van der Waals surface area contributed by atoms with Crippen molar-refractivity contribution in [3.05, 3.63) is 16.1 Å². The second kappa shape index (κ2) is 4.30. The lowest BCUT2D eigenvalue weighted by atomic mass is 9.91. The van der Waals surface area contributed by atoms with Crippen LogP contribution in [0.3, 0.4) is 0 Å². The van der Waals surface area contributed by atoms with E-state index in [1.165, 1.54) is 0 Å². The zero-order valence-electron chi connectivity index (χ0n) is 10.4. The van der Waals surface area contributed by atoms with Crippen LogP contribution in [0, 0.1) is 0 Å². The number of rotatable bonds is 4. The van der Waals surface area contributed by atoms with Crippen LogP contribution in [0.1, 0.15) is 24.8 Å². The highest BCUT2D eigenvalue weighted by molar-refractivity contribution is 9.10. The van der Waals surface area contributed by atoms with Gasteiger partial charge in [-0.2, -0.15) is 0 Å². The number of aliphatic carboxylic acids is 1. The molecule has 5 nitrogen and oxygen atoms in total. The predicted octanol–water partition coefficient (Wildman–Crippen LogP) is 2.69. The molecular formula is C13H13BrO5. The van der Waals surface area contributed by atoms with Crippen molar-refractivity contribution in [1.82, 2.24) is 0 Å². The number of halogens is 1. The van der Waals surface area contributed by atoms with E-state index in [2.05, 4.69) is 15.9 Å². The monoisotopic (exact) mass is 328 g/mol. The highest BCUT2D eigenvalue weighted by atomic mass is 79.9. The minimum Gasteiger partial charge on any atom is -0.495 e. The van der Waals surface area contributed by atoms with Gasteiger partial charge in [0.05, 0.1) is 13.5 Å². The highest BCUT2D eigenvalue weighted by Crippen LogP contribution is 2.58. The Morgan fingerprint density at radius 1 is 1.53 bits per heavy atom. The lowest BCUT2D eigenvalue weighted by molar-refractivity contribution is -0.137. The average molecular weight is 329 g/mol. The summed E-state index contributed by atoms with van der Waals surface area (Å²) < 4.78 is 16.9. The normalized spacial score (nSPS) is 18.2. The number of ether oxygens (including phenoxy) is 3. The molecule has 0 saturated heterocycles. The third kappa shape index (κ3) is 1.94. The molecule has 1 fully saturated rings. The van der Waals surface area contributed by atoms with Gasteiger partial charge in [-0.15, -0.1) is 0 Å². The molecule has 3 rings (SSSR count). The minimum absolute atomic E-state index is 0.107. The molecule has 1 aliphatic heterocycles. The topological polar surface area (TPSA) is 65.0 Å². The number of fused-ring (bicyclic) bond motifs is 1. The SMILES string of the molecule is COc1c(C2(CC(=O)O)CC2)cc2c(c1Br)OCO2. The molecule has 0 amide bonds. The summed E-state index contributed by atoms with van der Waals surface area (Å²) in [5.74, 6) is 1.10. The summed E-state index contributed by atoms with van der Waals surface area (Å²) >= 11 is 3.45. The molecule has 2 aliphatic rings. The Bertz CT molecular complexity index is 550. The van der Waals surface area contributed by atoms with Crippen LogP contribution in [0.4, 0.5) is 0 Å². The third-order valence-electron chi connectivity index (χ3n) is 3.68. The van der Waals surface area contributed by atoms with Crippen molar-refractivity contribution >= 4 is 21.9 Å². The van der Waals surface area contributed by atoms with E-state index in [0.29, 0.717) is 21.7 Å². The molecule has 1 aliphatic carbocycles. The van der Waals surface area contributed by atoms with E-state index in [1.807, 2.05) is 6.07 Å². The van der Waals surface area contributed by atoms with Gasteiger partial charge >= 0.3 is 5.97 Å². The van der Waals surface area contributed by atoms with E-state index < -0.39 is 5.97 Å². The van der Waals surface area contributed by atoms with Crippen LogP contribution in [0.25, 0.3) is 0 Å². The van der Waals surface area contributed by atoms with Crippen molar-refractivity contribution in [2.45, 2.75) is 24.7 Å². The van der Waals surface area contributed by atoms with Crippen LogP contribution < -0.4 is 14.2 Å². The van der Waals surface area contributed by atoms with Crippen LogP contribution >= 0.6 is 15.9 Å². The van der Waals surface area contributed by atoms with Crippen LogP contribution in [0.15, 0.2) is 10.5 Å². The average Bonchev–Trinajstić information content (AvgIpc) is 2.96. The van der Waals surface area contributed by atoms with E-state index in [-0.39, 0.29) is 18.6 Å². The van der Waals surface area contributed by atoms with E-state index in [9.17, 15) is 4.79 Å². The number of methoxy groups -OCH3 is 1. The standard InChI is InChI=1S/C13H13BrO5/c1-17-11-7(13(2-3-13)5-9(15)16)4-8-12(10(11)14)19-6-18-8/h4H,2-3,5-6H2,1H3,(H,15,16). The summed E-state index contributed by atoms with van der Waals surface area (Å²) in [6.45, 7) is 0.173. The van der Waals surface area contributed by atoms with Gasteiger partial charge in [0.2, 0.25) is 6.79 Å². The van der Waals surface area contributed by atoms with Crippen molar-refractivity contribution in [2.24, 2.45) is 0 Å². The van der Waals surface area contributed by atoms with E-state index in [4.69, 9.17) is 19.3 Å². The fraction of sp³-hybridized carbons (Fsp3) is 0.462. The molecule has 6 heteroatoms. The van der Waals surface area contributed by atoms with Gasteiger partial charge in [-0.3, -0.25) is 4.79 Å². The van der Waals surface area contributed by atoms with Gasteiger partial charge in [0.25, 0.3) is 0 Å². The quantitative estimate of drug-likeness (QED) is 0.920. The zero-order chi connectivity index (χ0) is 13.6. The molecule has 1 saturated carbocycles. The van der Waals surface area contributed by atoms with Crippen molar-refractivity contribution in [1.29, 1.82) is 0 Å². The van der Waals surface area contributed by atoms with Gasteiger partial charge in [0.1, 0.15) is 10.2 Å². The maximum atomic E-state index is 11.0. The Labute approximate surface area is 118 Å². The lowest BCUT2D eigenvalue weighted by Gasteiger charge is -2.19. The second-order valence-corrected chi connectivity index (χ2v) is 5.65. The summed E-state index contributed by atoms with van der Waals surface area (Å²) in [5, 5.41) is 9.07. The molecule has 0 bridgehead atoms. The molecule has 0 radical (unpaired) electrons. The molecule has 1 N–H and O–H groups in total. The van der Waals surface area contributed by atoms with Crippen LogP contribution in [-0.2, 0) is 10.2 Å². The predicted molar refractivity (Wildman–Crippen MR) is 70.0 cm³/mol. The van der Waals surface area contributed by atoms with Crippen molar-refractivity contribution < 1.29 is 24.1 Å². The largest absolute Gasteiger partial charge is 0.495 e. The molecule has 1 heterocycles. The van der Waals surface area contributed by atoms with Crippen LogP contribution in [-0.4, -0.2) is 25.0 Å². The molecule has 0 atom stereocenters. The second-order valence-electron chi connectivity index (χ2n) is 4.86. The van der Waals surface area contributed by atoms with Crippen molar-refractivity contribution in [3.8, 4) is 17.2 Å². The van der Waals surface area contributed by atoms with E-state index in [1.54, 1.807) is 7.11 Å². The maximum Gasteiger partial charge on any atom is 0.304 e. The molecule has 0 unspecified atom stereocenters. The number of carboxylic acids is 1. The number of carboxylic acid groups (broad SMARTS) is 1. The Balaban J connectivity index is 2.11. The first kappa shape index (κ1) is 12.6. The maximum absolute atomic E-state index is 11.0. The summed E-state index contributed by atoms with van der Waals surface area (Å²) in [7, 11) is 1.57. The van der Waals surface area contributed by atoms with E-state index >= 15 is 0 Å². The van der Waals surface area contributed by atoms with Gasteiger partial charge in [-0.1, -0.05) is 0 Å². The number of hydrogen-bond acceptors (Lipinski definition) is 4. The van der Waals surface area contributed by atoms with E-state index in [0.717, 1.165) is 18.4 Å². The van der Waals surface area contributed by atoms with Crippen molar-refractivity contribution in [2.75, 3.05) is 13.9 Å². The zero-order valence-corrected chi connectivity index (χ0v) is 11.9. The first-order valence-electron chi connectivity index (χ1n) is 5.96. The molecule has 1 aromatic rings. The molecule has 1 aromatic carbocycles. The first-order chi connectivity index (χ1) is 9.07. The summed E-state index contributed by atoms with van der Waals surface area (Å²) in [4.78, 5) is 11.0. The minimum atomic E-state index is -0.798.